The Labute approximate surface area is 132 Å². The maximum absolute atomic E-state index is 11.9. The van der Waals surface area contributed by atoms with Crippen molar-refractivity contribution < 1.29 is 19.2 Å². The molecule has 0 spiro atoms. The lowest BCUT2D eigenvalue weighted by molar-refractivity contribution is -0.137. The van der Waals surface area contributed by atoms with E-state index in [1.807, 2.05) is 6.07 Å². The molecule has 0 bridgehead atoms. The first-order valence-electron chi connectivity index (χ1n) is 6.79. The highest BCUT2D eigenvalue weighted by atomic mass is 35.5. The van der Waals surface area contributed by atoms with Crippen LogP contribution in [-0.2, 0) is 4.79 Å². The van der Waals surface area contributed by atoms with Crippen molar-refractivity contribution in [2.75, 3.05) is 6.54 Å². The van der Waals surface area contributed by atoms with E-state index in [2.05, 4.69) is 10.5 Å². The van der Waals surface area contributed by atoms with Crippen LogP contribution in [0.15, 0.2) is 34.9 Å². The number of carbonyl (C=O) groups excluding carboxylic acids is 1. The van der Waals surface area contributed by atoms with Crippen LogP contribution >= 0.6 is 11.6 Å². The third-order valence-electron chi connectivity index (χ3n) is 2.99. The van der Waals surface area contributed by atoms with Gasteiger partial charge in [0.25, 0.3) is 5.91 Å². The van der Waals surface area contributed by atoms with E-state index in [9.17, 15) is 9.59 Å². The molecule has 116 valence electrons. The molecule has 6 nitrogen and oxygen atoms in total. The van der Waals surface area contributed by atoms with Gasteiger partial charge in [0.2, 0.25) is 0 Å². The first-order valence-corrected chi connectivity index (χ1v) is 7.17. The molecule has 0 aliphatic carbocycles. The van der Waals surface area contributed by atoms with Crippen molar-refractivity contribution in [3.05, 3.63) is 41.0 Å². The topological polar surface area (TPSA) is 92.4 Å². The fourth-order valence-electron chi connectivity index (χ4n) is 1.86. The number of carboxylic acids is 1. The summed E-state index contributed by atoms with van der Waals surface area (Å²) in [7, 11) is 0. The highest BCUT2D eigenvalue weighted by Gasteiger charge is 2.14. The average molecular weight is 323 g/mol. The minimum absolute atomic E-state index is 0.0937. The Bertz CT molecular complexity index is 669. The van der Waals surface area contributed by atoms with Gasteiger partial charge in [0.15, 0.2) is 11.5 Å². The number of aliphatic carboxylic acids is 1. The predicted molar refractivity (Wildman–Crippen MR) is 80.8 cm³/mol. The van der Waals surface area contributed by atoms with Crippen LogP contribution in [0.5, 0.6) is 0 Å². The molecule has 0 aliphatic rings. The number of amides is 1. The van der Waals surface area contributed by atoms with Crippen molar-refractivity contribution in [3.8, 4) is 11.3 Å². The Kier molecular flexibility index (Phi) is 5.55. The molecular weight excluding hydrogens is 308 g/mol. The summed E-state index contributed by atoms with van der Waals surface area (Å²) in [6, 6.07) is 8.63. The van der Waals surface area contributed by atoms with Crippen LogP contribution in [0.1, 0.15) is 29.8 Å². The summed E-state index contributed by atoms with van der Waals surface area (Å²) < 4.78 is 5.14. The second-order valence-corrected chi connectivity index (χ2v) is 5.07. The van der Waals surface area contributed by atoms with Crippen LogP contribution in [0, 0.1) is 0 Å². The van der Waals surface area contributed by atoms with Crippen LogP contribution in [0.2, 0.25) is 5.02 Å². The Balaban J connectivity index is 1.90. The molecule has 2 N–H and O–H groups in total. The van der Waals surface area contributed by atoms with Gasteiger partial charge in [-0.2, -0.15) is 0 Å². The van der Waals surface area contributed by atoms with Crippen LogP contribution in [0.3, 0.4) is 0 Å². The first kappa shape index (κ1) is 16.0. The lowest BCUT2D eigenvalue weighted by Gasteiger charge is -2.01. The Hall–Kier alpha value is -2.34. The van der Waals surface area contributed by atoms with Gasteiger partial charge >= 0.3 is 5.97 Å². The highest BCUT2D eigenvalue weighted by Crippen LogP contribution is 2.27. The summed E-state index contributed by atoms with van der Waals surface area (Å²) in [4.78, 5) is 22.3. The van der Waals surface area contributed by atoms with Gasteiger partial charge in [-0.05, 0) is 25.0 Å². The summed E-state index contributed by atoms with van der Waals surface area (Å²) >= 11 is 6.06. The van der Waals surface area contributed by atoms with E-state index >= 15 is 0 Å². The predicted octanol–water partition coefficient (Wildman–Crippen LogP) is 2.98. The third-order valence-corrected chi connectivity index (χ3v) is 3.31. The molecule has 0 fully saturated rings. The quantitative estimate of drug-likeness (QED) is 0.764. The van der Waals surface area contributed by atoms with Crippen LogP contribution in [0.4, 0.5) is 0 Å². The van der Waals surface area contributed by atoms with E-state index in [-0.39, 0.29) is 18.0 Å². The summed E-state index contributed by atoms with van der Waals surface area (Å²) in [5.74, 6) is -0.786. The summed E-state index contributed by atoms with van der Waals surface area (Å²) in [5.41, 5.74) is 0.824. The highest BCUT2D eigenvalue weighted by molar-refractivity contribution is 6.33. The second kappa shape index (κ2) is 7.61. The van der Waals surface area contributed by atoms with E-state index in [0.29, 0.717) is 35.7 Å². The van der Waals surface area contributed by atoms with Gasteiger partial charge in [-0.3, -0.25) is 9.59 Å². The number of aromatic nitrogens is 1. The Morgan fingerprint density at radius 2 is 2.05 bits per heavy atom. The monoisotopic (exact) mass is 322 g/mol. The van der Waals surface area contributed by atoms with Gasteiger partial charge in [-0.15, -0.1) is 0 Å². The number of nitrogens with one attached hydrogen (secondary N) is 1. The van der Waals surface area contributed by atoms with Gasteiger partial charge in [0.1, 0.15) is 0 Å². The molecule has 1 heterocycles. The molecule has 2 rings (SSSR count). The van der Waals surface area contributed by atoms with Gasteiger partial charge < -0.3 is 14.9 Å². The van der Waals surface area contributed by atoms with E-state index < -0.39 is 5.97 Å². The normalized spacial score (nSPS) is 10.4. The van der Waals surface area contributed by atoms with Gasteiger partial charge in [0, 0.05) is 24.6 Å². The average Bonchev–Trinajstić information content (AvgIpc) is 2.96. The molecule has 7 heteroatoms. The van der Waals surface area contributed by atoms with Gasteiger partial charge in [-0.1, -0.05) is 28.9 Å². The molecule has 2 aromatic rings. The van der Waals surface area contributed by atoms with Gasteiger partial charge in [0.05, 0.1) is 5.02 Å². The van der Waals surface area contributed by atoms with E-state index in [1.54, 1.807) is 18.2 Å². The first-order chi connectivity index (χ1) is 10.6. The maximum atomic E-state index is 11.9. The molecule has 1 aromatic carbocycles. The number of carboxylic acid groups (broad SMARTS) is 1. The molecule has 1 amide bonds. The van der Waals surface area contributed by atoms with Crippen molar-refractivity contribution in [1.29, 1.82) is 0 Å². The molecule has 0 saturated heterocycles. The van der Waals surface area contributed by atoms with Crippen molar-refractivity contribution in [2.24, 2.45) is 0 Å². The smallest absolute Gasteiger partial charge is 0.303 e. The second-order valence-electron chi connectivity index (χ2n) is 4.66. The largest absolute Gasteiger partial charge is 0.481 e. The third kappa shape index (κ3) is 4.33. The van der Waals surface area contributed by atoms with Gasteiger partial charge in [-0.25, -0.2) is 0 Å². The molecule has 22 heavy (non-hydrogen) atoms. The number of unbranched alkanes of at least 4 members (excludes halogenated alkanes) is 1. The zero-order valence-corrected chi connectivity index (χ0v) is 12.5. The number of hydrogen-bond acceptors (Lipinski definition) is 4. The summed E-state index contributed by atoms with van der Waals surface area (Å²) in [6.45, 7) is 0.389. The zero-order chi connectivity index (χ0) is 15.9. The number of halogens is 1. The SMILES string of the molecule is O=C(O)CCCCNC(=O)c1cc(-c2ccccc2Cl)on1. The summed E-state index contributed by atoms with van der Waals surface area (Å²) in [6.07, 6.45) is 1.20. The standard InChI is InChI=1S/C15H15ClN2O4/c16-11-6-2-1-5-10(11)13-9-12(18-22-13)15(21)17-8-4-3-7-14(19)20/h1-2,5-6,9H,3-4,7-8H2,(H,17,21)(H,19,20). The molecule has 0 atom stereocenters. The van der Waals surface area contributed by atoms with Crippen molar-refractivity contribution in [3.63, 3.8) is 0 Å². The van der Waals surface area contributed by atoms with Crippen molar-refractivity contribution in [2.45, 2.75) is 19.3 Å². The number of benzene rings is 1. The lowest BCUT2D eigenvalue weighted by atomic mass is 10.1. The molecular formula is C15H15ClN2O4. The fourth-order valence-corrected chi connectivity index (χ4v) is 2.09. The molecule has 0 saturated carbocycles. The van der Waals surface area contributed by atoms with E-state index in [1.165, 1.54) is 6.07 Å². The molecule has 0 aliphatic heterocycles. The lowest BCUT2D eigenvalue weighted by Crippen LogP contribution is -2.24. The molecule has 1 aromatic heterocycles. The number of carbonyl (C=O) groups is 2. The number of hydrogen-bond donors (Lipinski definition) is 2. The Morgan fingerprint density at radius 3 is 2.77 bits per heavy atom. The fraction of sp³-hybridized carbons (Fsp3) is 0.267. The van der Waals surface area contributed by atoms with Crippen LogP contribution in [-0.4, -0.2) is 28.7 Å². The maximum Gasteiger partial charge on any atom is 0.303 e. The summed E-state index contributed by atoms with van der Waals surface area (Å²) in [5, 5.41) is 15.4. The van der Waals surface area contributed by atoms with Crippen molar-refractivity contribution >= 4 is 23.5 Å². The minimum Gasteiger partial charge on any atom is -0.481 e. The van der Waals surface area contributed by atoms with Crippen LogP contribution in [0.25, 0.3) is 11.3 Å². The molecule has 0 unspecified atom stereocenters. The number of nitrogens with zero attached hydrogens (tertiary/aromatic N) is 1. The zero-order valence-electron chi connectivity index (χ0n) is 11.7. The number of rotatable bonds is 7. The van der Waals surface area contributed by atoms with Crippen LogP contribution < -0.4 is 5.32 Å². The minimum atomic E-state index is -0.841. The van der Waals surface area contributed by atoms with E-state index in [4.69, 9.17) is 21.2 Å². The Morgan fingerprint density at radius 1 is 1.27 bits per heavy atom. The van der Waals surface area contributed by atoms with E-state index in [0.717, 1.165) is 0 Å². The molecule has 0 radical (unpaired) electrons. The van der Waals surface area contributed by atoms with Crippen molar-refractivity contribution in [1.82, 2.24) is 10.5 Å².